The lowest BCUT2D eigenvalue weighted by Crippen LogP contribution is -2.55. The molecule has 6 unspecified atom stereocenters. The minimum Gasteiger partial charge on any atom is -0.494 e. The molecule has 41 heavy (non-hydrogen) atoms. The monoisotopic (exact) mass is 585 g/mol. The number of hydrogen-bond acceptors (Lipinski definition) is 6. The Morgan fingerprint density at radius 1 is 1.05 bits per heavy atom. The van der Waals surface area contributed by atoms with Crippen molar-refractivity contribution in [3.05, 3.63) is 29.8 Å². The predicted octanol–water partition coefficient (Wildman–Crippen LogP) is 6.03. The average molecular weight is 586 g/mol. The zero-order valence-electron chi connectivity index (χ0n) is 25.2. The number of Topliss-reactive ketones (excluding diaryl/α,β-unsaturated/α-hetero) is 1. The molecule has 0 aromatic heterocycles. The van der Waals surface area contributed by atoms with Gasteiger partial charge < -0.3 is 15.2 Å². The Balaban J connectivity index is 1.09. The maximum absolute atomic E-state index is 12.2. The molecule has 0 radical (unpaired) electrons. The van der Waals surface area contributed by atoms with Crippen molar-refractivity contribution in [2.75, 3.05) is 18.1 Å². The Bertz CT molecular complexity index is 1200. The molecule has 7 heteroatoms. The van der Waals surface area contributed by atoms with Crippen LogP contribution in [0.25, 0.3) is 0 Å². The molecule has 8 atom stereocenters. The second-order valence-corrected chi connectivity index (χ2v) is 16.8. The van der Waals surface area contributed by atoms with Crippen molar-refractivity contribution < 1.29 is 23.1 Å². The molecule has 0 amide bonds. The van der Waals surface area contributed by atoms with Gasteiger partial charge >= 0.3 is 0 Å². The van der Waals surface area contributed by atoms with Crippen LogP contribution in [-0.2, 0) is 14.6 Å². The SMILES string of the molecule is CCC(NC1CCS(=O)(=O)CC1)c1cccc(OCC[C@]23CCC4C(CCC5CC(=O)CC[C@@]54C)C2CCC3O)c1. The molecule has 0 spiro atoms. The molecule has 5 fully saturated rings. The van der Waals surface area contributed by atoms with Crippen molar-refractivity contribution in [2.24, 2.45) is 34.5 Å². The molecule has 5 aliphatic rings. The van der Waals surface area contributed by atoms with Gasteiger partial charge in [-0.2, -0.15) is 0 Å². The quantitative estimate of drug-likeness (QED) is 0.387. The van der Waals surface area contributed by atoms with Gasteiger partial charge in [-0.05, 0) is 117 Å². The number of ether oxygens (including phenoxy) is 1. The second-order valence-electron chi connectivity index (χ2n) is 14.5. The van der Waals surface area contributed by atoms with Crippen LogP contribution >= 0.6 is 0 Å². The fraction of sp³-hybridized carbons (Fsp3) is 0.794. The number of aliphatic hydroxyl groups excluding tert-OH is 1. The summed E-state index contributed by atoms with van der Waals surface area (Å²) in [7, 11) is -2.87. The number of fused-ring (bicyclic) bond motifs is 5. The third kappa shape index (κ3) is 5.64. The molecule has 4 aliphatic carbocycles. The van der Waals surface area contributed by atoms with E-state index < -0.39 is 9.84 Å². The molecule has 6 nitrogen and oxygen atoms in total. The van der Waals surface area contributed by atoms with Crippen LogP contribution in [0.4, 0.5) is 0 Å². The van der Waals surface area contributed by atoms with Crippen LogP contribution < -0.4 is 10.1 Å². The molecule has 1 heterocycles. The van der Waals surface area contributed by atoms with Gasteiger partial charge in [0, 0.05) is 30.3 Å². The van der Waals surface area contributed by atoms with Gasteiger partial charge in [0.1, 0.15) is 21.4 Å². The van der Waals surface area contributed by atoms with Gasteiger partial charge in [-0.3, -0.25) is 4.79 Å². The number of nitrogens with one attached hydrogen (secondary N) is 1. The first-order valence-corrected chi connectivity index (χ1v) is 18.3. The van der Waals surface area contributed by atoms with Crippen molar-refractivity contribution in [1.29, 1.82) is 0 Å². The first-order chi connectivity index (χ1) is 19.6. The van der Waals surface area contributed by atoms with Crippen LogP contribution in [0.2, 0.25) is 0 Å². The lowest BCUT2D eigenvalue weighted by atomic mass is 9.44. The summed E-state index contributed by atoms with van der Waals surface area (Å²) >= 11 is 0. The van der Waals surface area contributed by atoms with E-state index in [2.05, 4.69) is 37.4 Å². The third-order valence-electron chi connectivity index (χ3n) is 12.6. The van der Waals surface area contributed by atoms with Crippen molar-refractivity contribution in [3.63, 3.8) is 0 Å². The van der Waals surface area contributed by atoms with E-state index in [4.69, 9.17) is 4.74 Å². The summed E-state index contributed by atoms with van der Waals surface area (Å²) < 4.78 is 30.1. The Kier molecular flexibility index (Phi) is 8.36. The summed E-state index contributed by atoms with van der Waals surface area (Å²) in [6.07, 6.45) is 12.3. The fourth-order valence-corrected chi connectivity index (χ4v) is 11.8. The van der Waals surface area contributed by atoms with E-state index >= 15 is 0 Å². The molecule has 1 aromatic carbocycles. The van der Waals surface area contributed by atoms with Crippen molar-refractivity contribution in [2.45, 2.75) is 116 Å². The van der Waals surface area contributed by atoms with E-state index in [0.29, 0.717) is 54.3 Å². The number of ketones is 1. The summed E-state index contributed by atoms with van der Waals surface area (Å²) in [5.74, 6) is 4.39. The molecule has 4 saturated carbocycles. The number of carbonyl (C=O) groups excluding carboxylic acids is 1. The minimum absolute atomic E-state index is 0.0404. The van der Waals surface area contributed by atoms with Crippen LogP contribution in [0.1, 0.15) is 109 Å². The first-order valence-electron chi connectivity index (χ1n) is 16.5. The van der Waals surface area contributed by atoms with Gasteiger partial charge in [0.05, 0.1) is 24.2 Å². The average Bonchev–Trinajstić information content (AvgIpc) is 3.29. The smallest absolute Gasteiger partial charge is 0.150 e. The van der Waals surface area contributed by atoms with E-state index in [9.17, 15) is 18.3 Å². The van der Waals surface area contributed by atoms with E-state index in [1.165, 1.54) is 24.8 Å². The summed E-state index contributed by atoms with van der Waals surface area (Å²) in [4.78, 5) is 12.2. The van der Waals surface area contributed by atoms with Gasteiger partial charge in [-0.15, -0.1) is 0 Å². The summed E-state index contributed by atoms with van der Waals surface area (Å²) in [5.41, 5.74) is 1.44. The second kappa shape index (κ2) is 11.6. The number of sulfone groups is 1. The highest BCUT2D eigenvalue weighted by Gasteiger charge is 2.61. The topological polar surface area (TPSA) is 92.7 Å². The highest BCUT2D eigenvalue weighted by atomic mass is 32.2. The molecule has 0 bridgehead atoms. The third-order valence-corrected chi connectivity index (χ3v) is 14.4. The molecule has 1 aromatic rings. The van der Waals surface area contributed by atoms with Gasteiger partial charge in [0.2, 0.25) is 0 Å². The molecule has 228 valence electrons. The summed E-state index contributed by atoms with van der Waals surface area (Å²) in [6.45, 7) is 5.28. The Morgan fingerprint density at radius 3 is 2.63 bits per heavy atom. The Morgan fingerprint density at radius 2 is 1.85 bits per heavy atom. The normalized spacial score (nSPS) is 39.4. The van der Waals surface area contributed by atoms with Crippen molar-refractivity contribution >= 4 is 15.6 Å². The van der Waals surface area contributed by atoms with Gasteiger partial charge in [0.15, 0.2) is 0 Å². The maximum Gasteiger partial charge on any atom is 0.150 e. The van der Waals surface area contributed by atoms with Crippen LogP contribution in [-0.4, -0.2) is 49.6 Å². The van der Waals surface area contributed by atoms with E-state index in [1.807, 2.05) is 6.07 Å². The number of hydrogen-bond donors (Lipinski definition) is 2. The first kappa shape index (κ1) is 29.6. The van der Waals surface area contributed by atoms with Crippen LogP contribution in [0.3, 0.4) is 0 Å². The molecular weight excluding hydrogens is 534 g/mol. The largest absolute Gasteiger partial charge is 0.494 e. The minimum atomic E-state index is -2.87. The standard InChI is InChI=1S/C34H51NO5S/c1-3-31(35-25-13-19-41(38,39)20-14-25)23-5-4-6-27(21-23)40-18-17-34-16-12-29-28(30(34)9-10-32(34)37)8-7-24-22-26(36)11-15-33(24,29)2/h4-6,21,24-25,28-32,35,37H,3,7-20,22H2,1-2H3/t24?,28?,29?,30?,31?,32?,33-,34+/m0/s1. The number of aliphatic hydroxyl groups is 1. The zero-order chi connectivity index (χ0) is 28.8. The highest BCUT2D eigenvalue weighted by molar-refractivity contribution is 7.91. The van der Waals surface area contributed by atoms with E-state index in [0.717, 1.165) is 57.1 Å². The highest BCUT2D eigenvalue weighted by Crippen LogP contribution is 2.66. The number of rotatable bonds is 8. The molecular formula is C34H51NO5S. The van der Waals surface area contributed by atoms with Crippen molar-refractivity contribution in [3.8, 4) is 5.75 Å². The predicted molar refractivity (Wildman–Crippen MR) is 161 cm³/mol. The maximum atomic E-state index is 12.2. The number of benzene rings is 1. The van der Waals surface area contributed by atoms with Crippen LogP contribution in [0.15, 0.2) is 24.3 Å². The lowest BCUT2D eigenvalue weighted by Gasteiger charge is -2.60. The van der Waals surface area contributed by atoms with Gasteiger partial charge in [-0.25, -0.2) is 8.42 Å². The molecule has 1 saturated heterocycles. The van der Waals surface area contributed by atoms with E-state index in [1.54, 1.807) is 0 Å². The molecule has 1 aliphatic heterocycles. The van der Waals surface area contributed by atoms with Gasteiger partial charge in [0.25, 0.3) is 0 Å². The van der Waals surface area contributed by atoms with Gasteiger partial charge in [-0.1, -0.05) is 26.0 Å². The molecule has 2 N–H and O–H groups in total. The lowest BCUT2D eigenvalue weighted by molar-refractivity contribution is -0.145. The summed E-state index contributed by atoms with van der Waals surface area (Å²) in [5, 5.41) is 15.1. The zero-order valence-corrected chi connectivity index (χ0v) is 26.0. The Labute approximate surface area is 247 Å². The number of carbonyl (C=O) groups is 1. The van der Waals surface area contributed by atoms with Crippen molar-refractivity contribution in [1.82, 2.24) is 5.32 Å². The Hall–Kier alpha value is -1.44. The molecule has 6 rings (SSSR count). The van der Waals surface area contributed by atoms with E-state index in [-0.39, 0.29) is 35.1 Å². The fourth-order valence-electron chi connectivity index (χ4n) is 10.3. The van der Waals surface area contributed by atoms with Crippen LogP contribution in [0, 0.1) is 34.5 Å². The van der Waals surface area contributed by atoms with Crippen LogP contribution in [0.5, 0.6) is 5.75 Å². The summed E-state index contributed by atoms with van der Waals surface area (Å²) in [6, 6.07) is 8.78.